The summed E-state index contributed by atoms with van der Waals surface area (Å²) in [5.74, 6) is -0.0979. The number of fused-ring (bicyclic) bond motifs is 1. The zero-order valence-corrected chi connectivity index (χ0v) is 18.3. The van der Waals surface area contributed by atoms with Crippen molar-refractivity contribution in [3.8, 4) is 0 Å². The monoisotopic (exact) mass is 435 g/mol. The molecule has 9 heteroatoms. The lowest BCUT2D eigenvalue weighted by Gasteiger charge is -2.27. The number of thiazole rings is 1. The standard InChI is InChI=1S/C20H25N5O2S.ClH/c1-15-5-3-6-17-18(15)21-20(28-17)25(19(26)16-7-10-23(2)22-16)9-4-8-24-11-13-27-14-12-24;/h3,5-7,10H,4,8-9,11-14H2,1-2H3;1H. The number of morpholine rings is 1. The zero-order chi connectivity index (χ0) is 19.5. The van der Waals surface area contributed by atoms with E-state index in [1.807, 2.05) is 13.1 Å². The van der Waals surface area contributed by atoms with Crippen molar-refractivity contribution in [3.05, 3.63) is 41.7 Å². The highest BCUT2D eigenvalue weighted by Gasteiger charge is 2.23. The Morgan fingerprint density at radius 2 is 2.07 bits per heavy atom. The maximum Gasteiger partial charge on any atom is 0.280 e. The van der Waals surface area contributed by atoms with Crippen molar-refractivity contribution in [2.75, 3.05) is 44.3 Å². The third-order valence-electron chi connectivity index (χ3n) is 4.98. The molecule has 7 nitrogen and oxygen atoms in total. The van der Waals surface area contributed by atoms with Gasteiger partial charge in [-0.15, -0.1) is 12.4 Å². The highest BCUT2D eigenvalue weighted by atomic mass is 35.5. The minimum atomic E-state index is -0.0979. The van der Waals surface area contributed by atoms with Gasteiger partial charge in [-0.2, -0.15) is 5.10 Å². The summed E-state index contributed by atoms with van der Waals surface area (Å²) in [5, 5.41) is 5.04. The van der Waals surface area contributed by atoms with Crippen molar-refractivity contribution >= 4 is 45.0 Å². The smallest absolute Gasteiger partial charge is 0.280 e. The highest BCUT2D eigenvalue weighted by molar-refractivity contribution is 7.22. The van der Waals surface area contributed by atoms with E-state index in [-0.39, 0.29) is 18.3 Å². The maximum absolute atomic E-state index is 13.2. The highest BCUT2D eigenvalue weighted by Crippen LogP contribution is 2.31. The summed E-state index contributed by atoms with van der Waals surface area (Å²) in [6, 6.07) is 7.90. The lowest BCUT2D eigenvalue weighted by molar-refractivity contribution is 0.0376. The van der Waals surface area contributed by atoms with E-state index >= 15 is 0 Å². The van der Waals surface area contributed by atoms with Crippen LogP contribution in [0.25, 0.3) is 10.2 Å². The van der Waals surface area contributed by atoms with Crippen molar-refractivity contribution < 1.29 is 9.53 Å². The minimum absolute atomic E-state index is 0. The summed E-state index contributed by atoms with van der Waals surface area (Å²) in [6.45, 7) is 7.09. The van der Waals surface area contributed by atoms with Crippen LogP contribution in [0.2, 0.25) is 0 Å². The first-order chi connectivity index (χ1) is 13.6. The van der Waals surface area contributed by atoms with Gasteiger partial charge in [-0.1, -0.05) is 23.5 Å². The van der Waals surface area contributed by atoms with Crippen LogP contribution in [0.4, 0.5) is 5.13 Å². The number of para-hydroxylation sites is 1. The van der Waals surface area contributed by atoms with E-state index < -0.39 is 0 Å². The molecular weight excluding hydrogens is 410 g/mol. The molecular formula is C20H26ClN5O2S. The van der Waals surface area contributed by atoms with E-state index in [9.17, 15) is 4.79 Å². The lowest BCUT2D eigenvalue weighted by atomic mass is 10.2. The normalized spacial score (nSPS) is 14.7. The first kappa shape index (κ1) is 21.7. The van der Waals surface area contributed by atoms with Crippen LogP contribution in [0.15, 0.2) is 30.5 Å². The number of aromatic nitrogens is 3. The van der Waals surface area contributed by atoms with E-state index in [2.05, 4.69) is 29.1 Å². The average molecular weight is 436 g/mol. The first-order valence-electron chi connectivity index (χ1n) is 9.59. The largest absolute Gasteiger partial charge is 0.379 e. The molecule has 0 aliphatic carbocycles. The molecule has 1 aliphatic rings. The predicted octanol–water partition coefficient (Wildman–Crippen LogP) is 3.13. The van der Waals surface area contributed by atoms with E-state index in [0.717, 1.165) is 60.2 Å². The average Bonchev–Trinajstić information content (AvgIpc) is 3.33. The van der Waals surface area contributed by atoms with Gasteiger partial charge in [-0.3, -0.25) is 19.3 Å². The van der Waals surface area contributed by atoms with Crippen LogP contribution in [-0.4, -0.2) is 65.0 Å². The zero-order valence-electron chi connectivity index (χ0n) is 16.7. The molecule has 0 N–H and O–H groups in total. The molecule has 1 fully saturated rings. The van der Waals surface area contributed by atoms with Crippen molar-refractivity contribution in [2.24, 2.45) is 7.05 Å². The molecule has 3 heterocycles. The molecule has 3 aromatic rings. The first-order valence-corrected chi connectivity index (χ1v) is 10.4. The van der Waals surface area contributed by atoms with E-state index in [4.69, 9.17) is 9.72 Å². The van der Waals surface area contributed by atoms with Crippen LogP contribution < -0.4 is 4.90 Å². The summed E-state index contributed by atoms with van der Waals surface area (Å²) in [4.78, 5) is 22.1. The molecule has 0 atom stereocenters. The minimum Gasteiger partial charge on any atom is -0.379 e. The van der Waals surface area contributed by atoms with Gasteiger partial charge >= 0.3 is 0 Å². The third-order valence-corrected chi connectivity index (χ3v) is 6.02. The molecule has 1 aromatic carbocycles. The predicted molar refractivity (Wildman–Crippen MR) is 118 cm³/mol. The number of carbonyl (C=O) groups is 1. The topological polar surface area (TPSA) is 63.5 Å². The van der Waals surface area contributed by atoms with Crippen LogP contribution in [-0.2, 0) is 11.8 Å². The number of hydrogen-bond donors (Lipinski definition) is 0. The SMILES string of the molecule is Cc1cccc2sc(N(CCCN3CCOCC3)C(=O)c3ccn(C)n3)nc12.Cl. The number of aryl methyl sites for hydroxylation is 2. The Bertz CT molecular complexity index is 967. The number of carbonyl (C=O) groups excluding carboxylic acids is 1. The number of anilines is 1. The quantitative estimate of drug-likeness (QED) is 0.595. The van der Waals surface area contributed by atoms with Gasteiger partial charge in [0.15, 0.2) is 10.8 Å². The van der Waals surface area contributed by atoms with Gasteiger partial charge in [0.2, 0.25) is 0 Å². The molecule has 156 valence electrons. The van der Waals surface area contributed by atoms with Crippen molar-refractivity contribution in [1.29, 1.82) is 0 Å². The molecule has 4 rings (SSSR count). The molecule has 1 aliphatic heterocycles. The van der Waals surface area contributed by atoms with Gasteiger partial charge in [-0.25, -0.2) is 4.98 Å². The Morgan fingerprint density at radius 3 is 2.76 bits per heavy atom. The third kappa shape index (κ3) is 4.95. The Kier molecular flexibility index (Phi) is 7.23. The number of halogens is 1. The molecule has 1 amide bonds. The molecule has 1 saturated heterocycles. The van der Waals surface area contributed by atoms with Gasteiger partial charge in [0, 0.05) is 39.4 Å². The van der Waals surface area contributed by atoms with Crippen LogP contribution in [0.3, 0.4) is 0 Å². The van der Waals surface area contributed by atoms with Crippen LogP contribution >= 0.6 is 23.7 Å². The fourth-order valence-electron chi connectivity index (χ4n) is 3.42. The molecule has 2 aromatic heterocycles. The Labute approximate surface area is 180 Å². The van der Waals surface area contributed by atoms with E-state index in [0.29, 0.717) is 12.2 Å². The van der Waals surface area contributed by atoms with Crippen LogP contribution in [0.5, 0.6) is 0 Å². The van der Waals surface area contributed by atoms with Gasteiger partial charge in [0.25, 0.3) is 5.91 Å². The Hall–Kier alpha value is -2.00. The fourth-order valence-corrected chi connectivity index (χ4v) is 4.49. The number of rotatable bonds is 6. The number of hydrogen-bond acceptors (Lipinski definition) is 6. The summed E-state index contributed by atoms with van der Waals surface area (Å²) in [6.07, 6.45) is 2.68. The fraction of sp³-hybridized carbons (Fsp3) is 0.450. The van der Waals surface area contributed by atoms with Crippen molar-refractivity contribution in [1.82, 2.24) is 19.7 Å². The molecule has 0 bridgehead atoms. The molecule has 0 saturated carbocycles. The summed E-state index contributed by atoms with van der Waals surface area (Å²) < 4.78 is 8.17. The number of amides is 1. The molecule has 29 heavy (non-hydrogen) atoms. The van der Waals surface area contributed by atoms with Gasteiger partial charge < -0.3 is 4.74 Å². The number of nitrogens with zero attached hydrogens (tertiary/aromatic N) is 5. The van der Waals surface area contributed by atoms with Gasteiger partial charge in [0.05, 0.1) is 23.4 Å². The number of benzene rings is 1. The maximum atomic E-state index is 13.2. The summed E-state index contributed by atoms with van der Waals surface area (Å²) in [5.41, 5.74) is 2.54. The number of ether oxygens (including phenoxy) is 1. The van der Waals surface area contributed by atoms with E-state index in [1.54, 1.807) is 33.2 Å². The van der Waals surface area contributed by atoms with E-state index in [1.165, 1.54) is 0 Å². The van der Waals surface area contributed by atoms with Crippen LogP contribution in [0.1, 0.15) is 22.5 Å². The molecule has 0 unspecified atom stereocenters. The second-order valence-electron chi connectivity index (χ2n) is 7.06. The Morgan fingerprint density at radius 1 is 1.28 bits per heavy atom. The summed E-state index contributed by atoms with van der Waals surface area (Å²) >= 11 is 1.56. The Balaban J connectivity index is 0.00000240. The van der Waals surface area contributed by atoms with Crippen molar-refractivity contribution in [2.45, 2.75) is 13.3 Å². The van der Waals surface area contributed by atoms with Crippen molar-refractivity contribution in [3.63, 3.8) is 0 Å². The molecule has 0 spiro atoms. The summed E-state index contributed by atoms with van der Waals surface area (Å²) in [7, 11) is 1.82. The van der Waals surface area contributed by atoms with Gasteiger partial charge in [0.1, 0.15) is 0 Å². The lowest BCUT2D eigenvalue weighted by Crippen LogP contribution is -2.39. The van der Waals surface area contributed by atoms with Gasteiger partial charge in [-0.05, 0) is 31.0 Å². The second-order valence-corrected chi connectivity index (χ2v) is 8.07. The second kappa shape index (κ2) is 9.67. The molecule has 0 radical (unpaired) electrons. The van der Waals surface area contributed by atoms with Crippen LogP contribution in [0, 0.1) is 6.92 Å².